The Morgan fingerprint density at radius 1 is 1.00 bits per heavy atom. The van der Waals surface area contributed by atoms with E-state index < -0.39 is 6.69 Å². The third-order valence-electron chi connectivity index (χ3n) is 3.03. The van der Waals surface area contributed by atoms with Crippen molar-refractivity contribution in [3.63, 3.8) is 0 Å². The van der Waals surface area contributed by atoms with Crippen LogP contribution in [0.2, 0.25) is 11.1 Å². The van der Waals surface area contributed by atoms with Crippen molar-refractivity contribution in [2.75, 3.05) is 0 Å². The second-order valence-electron chi connectivity index (χ2n) is 4.50. The van der Waals surface area contributed by atoms with E-state index in [9.17, 15) is 0 Å². The van der Waals surface area contributed by atoms with Gasteiger partial charge in [-0.25, -0.2) is 0 Å². The van der Waals surface area contributed by atoms with E-state index in [1.165, 1.54) is 32.1 Å². The molecule has 12 heavy (non-hydrogen) atoms. The monoisotopic (exact) mass is 224 g/mol. The lowest BCUT2D eigenvalue weighted by atomic mass is 10.0. The molecule has 0 atom stereocenters. The van der Waals surface area contributed by atoms with Crippen molar-refractivity contribution in [1.29, 1.82) is 0 Å². The van der Waals surface area contributed by atoms with Gasteiger partial charge in [-0.1, -0.05) is 39.5 Å². The largest absolute Gasteiger partial charge is 0.256 e. The molecule has 0 saturated carbocycles. The maximum atomic E-state index is 6.44. The van der Waals surface area contributed by atoms with Crippen molar-refractivity contribution in [1.82, 2.24) is 0 Å². The molecule has 1 heterocycles. The minimum absolute atomic E-state index is 0.219. The Bertz CT molecular complexity index is 137. The lowest BCUT2D eigenvalue weighted by molar-refractivity contribution is 0.512. The van der Waals surface area contributed by atoms with Crippen LogP contribution in [0.4, 0.5) is 0 Å². The molecular weight excluding hydrogens is 207 g/mol. The molecule has 0 bridgehead atoms. The van der Waals surface area contributed by atoms with Crippen molar-refractivity contribution in [3.05, 3.63) is 0 Å². The molecule has 0 spiro atoms. The molecule has 0 N–H and O–H groups in total. The minimum atomic E-state index is -1.96. The number of rotatable bonds is 0. The first-order valence-corrected chi connectivity index (χ1v) is 9.07. The van der Waals surface area contributed by atoms with Crippen LogP contribution in [0.25, 0.3) is 0 Å². The van der Waals surface area contributed by atoms with E-state index in [1.807, 2.05) is 0 Å². The summed E-state index contributed by atoms with van der Waals surface area (Å²) >= 11 is 12.9. The van der Waals surface area contributed by atoms with E-state index in [2.05, 4.69) is 13.8 Å². The van der Waals surface area contributed by atoms with Gasteiger partial charge in [-0.3, -0.25) is 0 Å². The van der Waals surface area contributed by atoms with Crippen LogP contribution in [0.3, 0.4) is 0 Å². The van der Waals surface area contributed by atoms with Gasteiger partial charge in [-0.15, -0.1) is 22.2 Å². The van der Waals surface area contributed by atoms with E-state index in [0.29, 0.717) is 0 Å². The van der Waals surface area contributed by atoms with Gasteiger partial charge in [0.05, 0.1) is 0 Å². The van der Waals surface area contributed by atoms with Crippen LogP contribution >= 0.6 is 22.2 Å². The van der Waals surface area contributed by atoms with Crippen molar-refractivity contribution in [2.24, 2.45) is 0 Å². The molecular formula is C9H18Cl2Si. The van der Waals surface area contributed by atoms with Gasteiger partial charge in [0.25, 0.3) is 6.69 Å². The Hall–Kier alpha value is 0.797. The zero-order chi connectivity index (χ0) is 9.24. The second kappa shape index (κ2) is 3.89. The quantitative estimate of drug-likeness (QED) is 0.416. The SMILES string of the molecule is CC1(C)CCCCCC[Si]1(Cl)Cl. The molecule has 1 aliphatic rings. The van der Waals surface area contributed by atoms with E-state index in [4.69, 9.17) is 22.2 Å². The summed E-state index contributed by atoms with van der Waals surface area (Å²) in [4.78, 5) is 0. The molecule has 0 aliphatic carbocycles. The van der Waals surface area contributed by atoms with Crippen molar-refractivity contribution >= 4 is 28.9 Å². The maximum absolute atomic E-state index is 6.44. The van der Waals surface area contributed by atoms with E-state index in [0.717, 1.165) is 6.04 Å². The molecule has 0 aromatic rings. The summed E-state index contributed by atoms with van der Waals surface area (Å²) in [5.74, 6) is 0. The standard InChI is InChI=1S/C9H18Cl2Si/c1-9(2)7-5-3-4-6-8-12(9,10)11/h3-8H2,1-2H3. The topological polar surface area (TPSA) is 0 Å². The van der Waals surface area contributed by atoms with Gasteiger partial charge in [0.1, 0.15) is 0 Å². The van der Waals surface area contributed by atoms with E-state index in [1.54, 1.807) is 0 Å². The van der Waals surface area contributed by atoms with Crippen molar-refractivity contribution in [3.8, 4) is 0 Å². The smallest absolute Gasteiger partial charge is 0.145 e. The van der Waals surface area contributed by atoms with Crippen LogP contribution in [0, 0.1) is 0 Å². The van der Waals surface area contributed by atoms with E-state index >= 15 is 0 Å². The van der Waals surface area contributed by atoms with Crippen LogP contribution in [-0.2, 0) is 0 Å². The molecule has 0 unspecified atom stereocenters. The molecule has 1 saturated heterocycles. The number of hydrogen-bond acceptors (Lipinski definition) is 0. The number of halogens is 2. The summed E-state index contributed by atoms with van der Waals surface area (Å²) in [5.41, 5.74) is 0. The highest BCUT2D eigenvalue weighted by molar-refractivity contribution is 7.46. The molecule has 1 fully saturated rings. The molecule has 0 aromatic carbocycles. The Balaban J connectivity index is 2.66. The van der Waals surface area contributed by atoms with Crippen LogP contribution in [0.5, 0.6) is 0 Å². The van der Waals surface area contributed by atoms with Crippen LogP contribution in [0.15, 0.2) is 0 Å². The van der Waals surface area contributed by atoms with Crippen molar-refractivity contribution in [2.45, 2.75) is 57.0 Å². The first-order chi connectivity index (χ1) is 5.46. The zero-order valence-electron chi connectivity index (χ0n) is 8.00. The summed E-state index contributed by atoms with van der Waals surface area (Å²) in [7, 11) is 0. The second-order valence-corrected chi connectivity index (χ2v) is 12.2. The van der Waals surface area contributed by atoms with Crippen LogP contribution in [0.1, 0.15) is 46.0 Å². The molecule has 0 radical (unpaired) electrons. The van der Waals surface area contributed by atoms with Gasteiger partial charge in [0.15, 0.2) is 0 Å². The summed E-state index contributed by atoms with van der Waals surface area (Å²) in [6.45, 7) is 2.53. The summed E-state index contributed by atoms with van der Waals surface area (Å²) in [6.07, 6.45) is 6.45. The predicted octanol–water partition coefficient (Wildman–Crippen LogP) is 4.65. The fraction of sp³-hybridized carbons (Fsp3) is 1.00. The fourth-order valence-electron chi connectivity index (χ4n) is 1.79. The highest BCUT2D eigenvalue weighted by atomic mass is 35.7. The third-order valence-corrected chi connectivity index (χ3v) is 10.4. The van der Waals surface area contributed by atoms with Gasteiger partial charge in [-0.2, -0.15) is 0 Å². The molecule has 0 nitrogen and oxygen atoms in total. The Labute approximate surface area is 86.1 Å². The van der Waals surface area contributed by atoms with Gasteiger partial charge >= 0.3 is 0 Å². The maximum Gasteiger partial charge on any atom is 0.256 e. The summed E-state index contributed by atoms with van der Waals surface area (Å²) in [5, 5.41) is 0.219. The highest BCUT2D eigenvalue weighted by Gasteiger charge is 2.44. The first-order valence-electron chi connectivity index (χ1n) is 4.84. The average molecular weight is 225 g/mol. The normalized spacial score (nSPS) is 29.0. The number of hydrogen-bond donors (Lipinski definition) is 0. The zero-order valence-corrected chi connectivity index (χ0v) is 10.5. The molecule has 0 aromatic heterocycles. The highest BCUT2D eigenvalue weighted by Crippen LogP contribution is 2.50. The Morgan fingerprint density at radius 2 is 1.58 bits per heavy atom. The Morgan fingerprint density at radius 3 is 2.25 bits per heavy atom. The summed E-state index contributed by atoms with van der Waals surface area (Å²) < 4.78 is 0. The molecule has 3 heteroatoms. The Kier molecular flexibility index (Phi) is 3.53. The minimum Gasteiger partial charge on any atom is -0.145 e. The van der Waals surface area contributed by atoms with Crippen molar-refractivity contribution < 1.29 is 0 Å². The molecule has 0 amide bonds. The van der Waals surface area contributed by atoms with Gasteiger partial charge < -0.3 is 0 Å². The molecule has 1 aliphatic heterocycles. The van der Waals surface area contributed by atoms with E-state index in [-0.39, 0.29) is 5.04 Å². The average Bonchev–Trinajstić information content (AvgIpc) is 1.94. The lowest BCUT2D eigenvalue weighted by Crippen LogP contribution is -2.34. The predicted molar refractivity (Wildman–Crippen MR) is 59.4 cm³/mol. The van der Waals surface area contributed by atoms with Gasteiger partial charge in [-0.05, 0) is 17.5 Å². The van der Waals surface area contributed by atoms with Gasteiger partial charge in [0.2, 0.25) is 0 Å². The molecule has 1 rings (SSSR count). The first kappa shape index (κ1) is 10.9. The fourth-order valence-corrected chi connectivity index (χ4v) is 5.07. The van der Waals surface area contributed by atoms with Gasteiger partial charge in [0, 0.05) is 0 Å². The molecule has 72 valence electrons. The van der Waals surface area contributed by atoms with Crippen LogP contribution in [-0.4, -0.2) is 6.69 Å². The summed E-state index contributed by atoms with van der Waals surface area (Å²) in [6, 6.07) is 1.09. The lowest BCUT2D eigenvalue weighted by Gasteiger charge is -2.36. The van der Waals surface area contributed by atoms with Crippen LogP contribution < -0.4 is 0 Å². The third kappa shape index (κ3) is 2.40.